The number of furan rings is 1. The number of benzene rings is 1. The fourth-order valence-corrected chi connectivity index (χ4v) is 2.53. The molecule has 1 aromatic carbocycles. The molecule has 0 aliphatic rings. The van der Waals surface area contributed by atoms with Gasteiger partial charge in [-0.05, 0) is 49.2 Å². The van der Waals surface area contributed by atoms with E-state index in [1.54, 1.807) is 38.4 Å². The number of hydrogen-bond acceptors (Lipinski definition) is 4. The summed E-state index contributed by atoms with van der Waals surface area (Å²) >= 11 is 0. The highest BCUT2D eigenvalue weighted by atomic mass is 16.4. The van der Waals surface area contributed by atoms with Crippen LogP contribution in [0.3, 0.4) is 0 Å². The molecule has 4 nitrogen and oxygen atoms in total. The SMILES string of the molecule is CC(=O)Cc1ccc2cc(C(C)(O)c3ccncc3)oc2c1. The Labute approximate surface area is 128 Å². The Morgan fingerprint density at radius 1 is 1.23 bits per heavy atom. The Bertz CT molecular complexity index is 819. The van der Waals surface area contributed by atoms with Crippen molar-refractivity contribution in [2.45, 2.75) is 25.9 Å². The highest BCUT2D eigenvalue weighted by Gasteiger charge is 2.29. The lowest BCUT2D eigenvalue weighted by Gasteiger charge is -2.20. The molecule has 0 amide bonds. The zero-order chi connectivity index (χ0) is 15.7. The van der Waals surface area contributed by atoms with E-state index in [0.29, 0.717) is 23.3 Å². The number of carbonyl (C=O) groups is 1. The number of pyridine rings is 1. The summed E-state index contributed by atoms with van der Waals surface area (Å²) < 4.78 is 5.83. The van der Waals surface area contributed by atoms with Crippen LogP contribution in [0.4, 0.5) is 0 Å². The molecule has 3 aromatic rings. The van der Waals surface area contributed by atoms with Gasteiger partial charge < -0.3 is 9.52 Å². The van der Waals surface area contributed by atoms with Crippen LogP contribution in [-0.4, -0.2) is 15.9 Å². The van der Waals surface area contributed by atoms with Crippen molar-refractivity contribution in [1.29, 1.82) is 0 Å². The van der Waals surface area contributed by atoms with Crippen LogP contribution in [-0.2, 0) is 16.8 Å². The molecule has 0 aliphatic carbocycles. The predicted octanol–water partition coefficient (Wildman–Crippen LogP) is 3.22. The third-order valence-electron chi connectivity index (χ3n) is 3.76. The number of aliphatic hydroxyl groups is 1. The van der Waals surface area contributed by atoms with Crippen LogP contribution >= 0.6 is 0 Å². The molecule has 1 N–H and O–H groups in total. The summed E-state index contributed by atoms with van der Waals surface area (Å²) in [5, 5.41) is 11.7. The quantitative estimate of drug-likeness (QED) is 0.802. The third-order valence-corrected chi connectivity index (χ3v) is 3.76. The van der Waals surface area contributed by atoms with Gasteiger partial charge in [-0.25, -0.2) is 0 Å². The second-order valence-corrected chi connectivity index (χ2v) is 5.67. The molecule has 4 heteroatoms. The summed E-state index contributed by atoms with van der Waals surface area (Å²) in [6.07, 6.45) is 3.65. The van der Waals surface area contributed by atoms with Gasteiger partial charge in [-0.3, -0.25) is 9.78 Å². The summed E-state index contributed by atoms with van der Waals surface area (Å²) in [7, 11) is 0. The topological polar surface area (TPSA) is 63.3 Å². The van der Waals surface area contributed by atoms with Gasteiger partial charge >= 0.3 is 0 Å². The Morgan fingerprint density at radius 3 is 2.64 bits per heavy atom. The van der Waals surface area contributed by atoms with Crippen LogP contribution in [0.25, 0.3) is 11.0 Å². The van der Waals surface area contributed by atoms with Crippen molar-refractivity contribution in [1.82, 2.24) is 4.98 Å². The first-order chi connectivity index (χ1) is 10.5. The largest absolute Gasteiger partial charge is 0.458 e. The van der Waals surface area contributed by atoms with E-state index in [0.717, 1.165) is 10.9 Å². The number of carbonyl (C=O) groups excluding carboxylic acids is 1. The van der Waals surface area contributed by atoms with Crippen molar-refractivity contribution in [2.24, 2.45) is 0 Å². The fraction of sp³-hybridized carbons (Fsp3) is 0.222. The highest BCUT2D eigenvalue weighted by molar-refractivity contribution is 5.82. The van der Waals surface area contributed by atoms with Gasteiger partial charge in [0.2, 0.25) is 0 Å². The lowest BCUT2D eigenvalue weighted by Crippen LogP contribution is -2.21. The van der Waals surface area contributed by atoms with E-state index in [1.165, 1.54) is 0 Å². The van der Waals surface area contributed by atoms with Crippen molar-refractivity contribution < 1.29 is 14.3 Å². The molecule has 2 heterocycles. The van der Waals surface area contributed by atoms with Crippen LogP contribution < -0.4 is 0 Å². The standard InChI is InChI=1S/C18H17NO3/c1-12(20)9-13-3-4-14-11-17(22-16(14)10-13)18(2,21)15-5-7-19-8-6-15/h3-8,10-11,21H,9H2,1-2H3. The number of fused-ring (bicyclic) bond motifs is 1. The monoisotopic (exact) mass is 295 g/mol. The lowest BCUT2D eigenvalue weighted by molar-refractivity contribution is -0.116. The number of aromatic nitrogens is 1. The first kappa shape index (κ1) is 14.5. The Hall–Kier alpha value is -2.46. The molecule has 3 rings (SSSR count). The van der Waals surface area contributed by atoms with Gasteiger partial charge in [0.15, 0.2) is 0 Å². The third kappa shape index (κ3) is 2.65. The second-order valence-electron chi connectivity index (χ2n) is 5.67. The van der Waals surface area contributed by atoms with Crippen LogP contribution in [0.1, 0.15) is 30.7 Å². The molecule has 0 bridgehead atoms. The zero-order valence-corrected chi connectivity index (χ0v) is 12.5. The number of rotatable bonds is 4. The molecular weight excluding hydrogens is 278 g/mol. The average molecular weight is 295 g/mol. The van der Waals surface area contributed by atoms with Gasteiger partial charge in [-0.15, -0.1) is 0 Å². The number of ketones is 1. The minimum Gasteiger partial charge on any atom is -0.458 e. The first-order valence-electron chi connectivity index (χ1n) is 7.12. The molecule has 2 aromatic heterocycles. The van der Waals surface area contributed by atoms with Crippen LogP contribution in [0.5, 0.6) is 0 Å². The van der Waals surface area contributed by atoms with Crippen LogP contribution in [0, 0.1) is 0 Å². The fourth-order valence-electron chi connectivity index (χ4n) is 2.53. The van der Waals surface area contributed by atoms with E-state index >= 15 is 0 Å². The van der Waals surface area contributed by atoms with E-state index in [-0.39, 0.29) is 5.78 Å². The van der Waals surface area contributed by atoms with Crippen molar-refractivity contribution in [3.05, 3.63) is 65.7 Å². The average Bonchev–Trinajstić information content (AvgIpc) is 2.91. The van der Waals surface area contributed by atoms with E-state index in [9.17, 15) is 9.90 Å². The van der Waals surface area contributed by atoms with Gasteiger partial charge in [-0.1, -0.05) is 12.1 Å². The number of nitrogens with zero attached hydrogens (tertiary/aromatic N) is 1. The first-order valence-corrected chi connectivity index (χ1v) is 7.12. The summed E-state index contributed by atoms with van der Waals surface area (Å²) in [6, 6.07) is 11.0. The summed E-state index contributed by atoms with van der Waals surface area (Å²) in [5.74, 6) is 0.573. The molecule has 0 radical (unpaired) electrons. The molecule has 1 atom stereocenters. The van der Waals surface area contributed by atoms with Gasteiger partial charge in [0.05, 0.1) is 0 Å². The molecule has 0 saturated carbocycles. The van der Waals surface area contributed by atoms with Gasteiger partial charge in [0.25, 0.3) is 0 Å². The summed E-state index contributed by atoms with van der Waals surface area (Å²) in [6.45, 7) is 3.25. The Morgan fingerprint density at radius 2 is 1.95 bits per heavy atom. The molecule has 0 saturated heterocycles. The maximum Gasteiger partial charge on any atom is 0.144 e. The van der Waals surface area contributed by atoms with Crippen molar-refractivity contribution in [3.8, 4) is 0 Å². The smallest absolute Gasteiger partial charge is 0.144 e. The van der Waals surface area contributed by atoms with Crippen LogP contribution in [0.15, 0.2) is 53.2 Å². The molecule has 0 fully saturated rings. The zero-order valence-electron chi connectivity index (χ0n) is 12.5. The Kier molecular flexibility index (Phi) is 3.54. The molecule has 0 aliphatic heterocycles. The van der Waals surface area contributed by atoms with Crippen molar-refractivity contribution in [2.75, 3.05) is 0 Å². The van der Waals surface area contributed by atoms with E-state index in [1.807, 2.05) is 24.3 Å². The normalized spacial score (nSPS) is 14.0. The van der Waals surface area contributed by atoms with Gasteiger partial charge in [-0.2, -0.15) is 0 Å². The summed E-state index contributed by atoms with van der Waals surface area (Å²) in [4.78, 5) is 15.2. The molecule has 1 unspecified atom stereocenters. The Balaban J connectivity index is 2.03. The van der Waals surface area contributed by atoms with Crippen LogP contribution in [0.2, 0.25) is 0 Å². The van der Waals surface area contributed by atoms with E-state index < -0.39 is 5.60 Å². The van der Waals surface area contributed by atoms with Gasteiger partial charge in [0, 0.05) is 24.2 Å². The highest BCUT2D eigenvalue weighted by Crippen LogP contribution is 2.33. The van der Waals surface area contributed by atoms with Crippen molar-refractivity contribution in [3.63, 3.8) is 0 Å². The predicted molar refractivity (Wildman–Crippen MR) is 83.5 cm³/mol. The lowest BCUT2D eigenvalue weighted by atomic mass is 9.94. The van der Waals surface area contributed by atoms with E-state index in [2.05, 4.69) is 4.98 Å². The molecule has 0 spiro atoms. The number of Topliss-reactive ketones (excluding diaryl/α,β-unsaturated/α-hetero) is 1. The molecule has 112 valence electrons. The molecular formula is C18H17NO3. The summed E-state index contributed by atoms with van der Waals surface area (Å²) in [5.41, 5.74) is 1.06. The number of hydrogen-bond donors (Lipinski definition) is 1. The maximum absolute atomic E-state index is 11.2. The second kappa shape index (κ2) is 5.39. The van der Waals surface area contributed by atoms with E-state index in [4.69, 9.17) is 4.42 Å². The van der Waals surface area contributed by atoms with Gasteiger partial charge in [0.1, 0.15) is 22.7 Å². The minimum absolute atomic E-state index is 0.106. The molecule has 22 heavy (non-hydrogen) atoms. The minimum atomic E-state index is -1.23. The van der Waals surface area contributed by atoms with Crippen molar-refractivity contribution >= 4 is 16.8 Å². The maximum atomic E-state index is 11.2.